The normalized spacial score (nSPS) is 19.1. The summed E-state index contributed by atoms with van der Waals surface area (Å²) in [6, 6.07) is 7.58. The van der Waals surface area contributed by atoms with E-state index >= 15 is 0 Å². The monoisotopic (exact) mass is 234 g/mol. The summed E-state index contributed by atoms with van der Waals surface area (Å²) in [5.41, 5.74) is 0.679. The van der Waals surface area contributed by atoms with Crippen LogP contribution < -0.4 is 10.1 Å². The first-order chi connectivity index (χ1) is 8.22. The van der Waals surface area contributed by atoms with Crippen molar-refractivity contribution in [1.29, 1.82) is 0 Å². The van der Waals surface area contributed by atoms with Crippen LogP contribution in [0.2, 0.25) is 0 Å². The number of hydrogen-bond acceptors (Lipinski definition) is 3. The molecule has 1 saturated heterocycles. The summed E-state index contributed by atoms with van der Waals surface area (Å²) in [7, 11) is 3.47. The van der Waals surface area contributed by atoms with Crippen molar-refractivity contribution in [2.75, 3.05) is 27.2 Å². The lowest BCUT2D eigenvalue weighted by Crippen LogP contribution is -2.38. The van der Waals surface area contributed by atoms with E-state index in [0.29, 0.717) is 17.4 Å². The first-order valence-electron chi connectivity index (χ1n) is 5.84. The Labute approximate surface area is 102 Å². The van der Waals surface area contributed by atoms with Crippen molar-refractivity contribution in [3.05, 3.63) is 29.8 Å². The van der Waals surface area contributed by atoms with Crippen molar-refractivity contribution >= 4 is 5.91 Å². The average Bonchev–Trinajstić information content (AvgIpc) is 2.91. The highest BCUT2D eigenvalue weighted by Gasteiger charge is 2.23. The van der Waals surface area contributed by atoms with Crippen LogP contribution in [0.3, 0.4) is 0 Å². The molecule has 0 aromatic heterocycles. The number of hydrogen-bond donors (Lipinski definition) is 1. The lowest BCUT2D eigenvalue weighted by molar-refractivity contribution is 0.0743. The van der Waals surface area contributed by atoms with Gasteiger partial charge in [0.15, 0.2) is 0 Å². The molecule has 1 aromatic carbocycles. The number of likely N-dealkylation sites (N-methyl/N-ethyl adjacent to an activating group) is 1. The van der Waals surface area contributed by atoms with Gasteiger partial charge in [0.1, 0.15) is 5.75 Å². The smallest absolute Gasteiger partial charge is 0.254 e. The largest absolute Gasteiger partial charge is 0.497 e. The Hall–Kier alpha value is -1.55. The molecule has 1 aromatic rings. The van der Waals surface area contributed by atoms with Crippen LogP contribution in [0.15, 0.2) is 24.3 Å². The molecule has 0 unspecified atom stereocenters. The van der Waals surface area contributed by atoms with Crippen molar-refractivity contribution in [3.63, 3.8) is 0 Å². The fourth-order valence-electron chi connectivity index (χ4n) is 2.10. The van der Waals surface area contributed by atoms with Crippen molar-refractivity contribution < 1.29 is 9.53 Å². The lowest BCUT2D eigenvalue weighted by atomic mass is 10.1. The standard InChI is InChI=1S/C13H18N2O2/c1-15(11-6-7-14-9-11)13(16)10-4-3-5-12(8-10)17-2/h3-5,8,11,14H,6-7,9H2,1-2H3/t11-/m0/s1. The summed E-state index contributed by atoms with van der Waals surface area (Å²) in [6.07, 6.45) is 1.02. The molecule has 1 heterocycles. The van der Waals surface area contributed by atoms with E-state index in [9.17, 15) is 4.79 Å². The second kappa shape index (κ2) is 5.19. The number of ether oxygens (including phenoxy) is 1. The van der Waals surface area contributed by atoms with Gasteiger partial charge in [-0.05, 0) is 31.2 Å². The molecular formula is C13H18N2O2. The molecule has 4 heteroatoms. The highest BCUT2D eigenvalue weighted by atomic mass is 16.5. The summed E-state index contributed by atoms with van der Waals surface area (Å²) in [5.74, 6) is 0.770. The molecule has 0 saturated carbocycles. The zero-order valence-corrected chi connectivity index (χ0v) is 10.3. The number of amides is 1. The zero-order chi connectivity index (χ0) is 12.3. The number of nitrogens with zero attached hydrogens (tertiary/aromatic N) is 1. The predicted octanol–water partition coefficient (Wildman–Crippen LogP) is 1.13. The third-order valence-corrected chi connectivity index (χ3v) is 3.22. The van der Waals surface area contributed by atoms with Gasteiger partial charge in [-0.3, -0.25) is 4.79 Å². The molecule has 1 N–H and O–H groups in total. The van der Waals surface area contributed by atoms with Crippen LogP contribution in [0.4, 0.5) is 0 Å². The molecular weight excluding hydrogens is 216 g/mol. The number of carbonyl (C=O) groups is 1. The Bertz CT molecular complexity index is 400. The molecule has 0 aliphatic carbocycles. The highest BCUT2D eigenvalue weighted by molar-refractivity contribution is 5.94. The SMILES string of the molecule is COc1cccc(C(=O)N(C)[C@H]2CCNC2)c1. The van der Waals surface area contributed by atoms with Gasteiger partial charge in [-0.25, -0.2) is 0 Å². The van der Waals surface area contributed by atoms with Crippen LogP contribution in [0, 0.1) is 0 Å². The number of nitrogens with one attached hydrogen (secondary N) is 1. The fourth-order valence-corrected chi connectivity index (χ4v) is 2.10. The molecule has 1 aliphatic heterocycles. The summed E-state index contributed by atoms with van der Waals surface area (Å²) < 4.78 is 5.13. The van der Waals surface area contributed by atoms with Crippen molar-refractivity contribution in [3.8, 4) is 5.75 Å². The van der Waals surface area contributed by atoms with Crippen LogP contribution in [0.5, 0.6) is 5.75 Å². The van der Waals surface area contributed by atoms with Crippen LogP contribution >= 0.6 is 0 Å². The van der Waals surface area contributed by atoms with Crippen molar-refractivity contribution in [2.45, 2.75) is 12.5 Å². The van der Waals surface area contributed by atoms with Crippen molar-refractivity contribution in [2.24, 2.45) is 0 Å². The van der Waals surface area contributed by atoms with Gasteiger partial charge < -0.3 is 15.0 Å². The second-order valence-electron chi connectivity index (χ2n) is 4.29. The van der Waals surface area contributed by atoms with E-state index in [0.717, 1.165) is 19.5 Å². The van der Waals surface area contributed by atoms with Gasteiger partial charge in [0.2, 0.25) is 0 Å². The first-order valence-corrected chi connectivity index (χ1v) is 5.84. The van der Waals surface area contributed by atoms with Gasteiger partial charge in [-0.2, -0.15) is 0 Å². The number of carbonyl (C=O) groups excluding carboxylic acids is 1. The minimum Gasteiger partial charge on any atom is -0.497 e. The third-order valence-electron chi connectivity index (χ3n) is 3.22. The molecule has 2 rings (SSSR count). The molecule has 1 amide bonds. The van der Waals surface area contributed by atoms with Gasteiger partial charge in [-0.15, -0.1) is 0 Å². The quantitative estimate of drug-likeness (QED) is 0.852. The maximum atomic E-state index is 12.2. The Balaban J connectivity index is 2.12. The first kappa shape index (κ1) is 11.9. The zero-order valence-electron chi connectivity index (χ0n) is 10.3. The summed E-state index contributed by atoms with van der Waals surface area (Å²) in [5, 5.41) is 3.26. The van der Waals surface area contributed by atoms with E-state index in [-0.39, 0.29) is 5.91 Å². The van der Waals surface area contributed by atoms with E-state index in [1.54, 1.807) is 13.2 Å². The van der Waals surface area contributed by atoms with Crippen LogP contribution in [-0.2, 0) is 0 Å². The lowest BCUT2D eigenvalue weighted by Gasteiger charge is -2.23. The predicted molar refractivity (Wildman–Crippen MR) is 66.4 cm³/mol. The third kappa shape index (κ3) is 2.58. The second-order valence-corrected chi connectivity index (χ2v) is 4.29. The summed E-state index contributed by atoms with van der Waals surface area (Å²) in [4.78, 5) is 14.1. The summed E-state index contributed by atoms with van der Waals surface area (Å²) in [6.45, 7) is 1.87. The van der Waals surface area contributed by atoms with Gasteiger partial charge in [-0.1, -0.05) is 6.07 Å². The van der Waals surface area contributed by atoms with Gasteiger partial charge in [0.25, 0.3) is 5.91 Å². The highest BCUT2D eigenvalue weighted by Crippen LogP contribution is 2.16. The molecule has 1 atom stereocenters. The van der Waals surface area contributed by atoms with Gasteiger partial charge in [0, 0.05) is 25.2 Å². The van der Waals surface area contributed by atoms with Gasteiger partial charge >= 0.3 is 0 Å². The molecule has 92 valence electrons. The van der Waals surface area contributed by atoms with Crippen LogP contribution in [-0.4, -0.2) is 44.1 Å². The maximum absolute atomic E-state index is 12.2. The molecule has 17 heavy (non-hydrogen) atoms. The fraction of sp³-hybridized carbons (Fsp3) is 0.462. The minimum absolute atomic E-state index is 0.0533. The Morgan fingerprint density at radius 1 is 1.53 bits per heavy atom. The topological polar surface area (TPSA) is 41.6 Å². The van der Waals surface area contributed by atoms with E-state index in [2.05, 4.69) is 5.32 Å². The number of rotatable bonds is 3. The Morgan fingerprint density at radius 3 is 3.00 bits per heavy atom. The minimum atomic E-state index is 0.0533. The van der Waals surface area contributed by atoms with Crippen molar-refractivity contribution in [1.82, 2.24) is 10.2 Å². The van der Waals surface area contributed by atoms with Crippen LogP contribution in [0.1, 0.15) is 16.8 Å². The molecule has 1 aliphatic rings. The Kier molecular flexibility index (Phi) is 3.64. The molecule has 0 radical (unpaired) electrons. The van der Waals surface area contributed by atoms with E-state index in [1.165, 1.54) is 0 Å². The number of methoxy groups -OCH3 is 1. The maximum Gasteiger partial charge on any atom is 0.254 e. The summed E-state index contributed by atoms with van der Waals surface area (Å²) >= 11 is 0. The van der Waals surface area contributed by atoms with E-state index in [1.807, 2.05) is 30.1 Å². The molecule has 0 bridgehead atoms. The van der Waals surface area contributed by atoms with E-state index in [4.69, 9.17) is 4.74 Å². The Morgan fingerprint density at radius 2 is 2.35 bits per heavy atom. The molecule has 1 fully saturated rings. The average molecular weight is 234 g/mol. The molecule has 0 spiro atoms. The van der Waals surface area contributed by atoms with Crippen LogP contribution in [0.25, 0.3) is 0 Å². The van der Waals surface area contributed by atoms with E-state index < -0.39 is 0 Å². The molecule has 4 nitrogen and oxygen atoms in total. The van der Waals surface area contributed by atoms with Gasteiger partial charge in [0.05, 0.1) is 7.11 Å². The number of benzene rings is 1.